The molecule has 3 aromatic rings. The Bertz CT molecular complexity index is 1310. The van der Waals surface area contributed by atoms with E-state index >= 15 is 0 Å². The van der Waals surface area contributed by atoms with E-state index in [0.29, 0.717) is 29.8 Å². The van der Waals surface area contributed by atoms with Gasteiger partial charge in [0.15, 0.2) is 11.5 Å². The first-order valence-corrected chi connectivity index (χ1v) is 10.3. The standard InChI is InChI=1S/C24H20F2N2O4/c1-13-3-5-16(28-22(13)17-12-27-21(30)9-14(17)2)11-20(29)23(7-8-23)15-4-6-18-19(10-15)32-24(25,26)31-18/h3-6,9-10,12H,7-8,11H2,1-2H3,(H,27,30). The fourth-order valence-corrected chi connectivity index (χ4v) is 4.20. The lowest BCUT2D eigenvalue weighted by Gasteiger charge is -2.16. The van der Waals surface area contributed by atoms with Crippen molar-refractivity contribution >= 4 is 5.78 Å². The molecule has 0 radical (unpaired) electrons. The number of pyridine rings is 2. The van der Waals surface area contributed by atoms with Crippen molar-refractivity contribution in [3.05, 3.63) is 75.3 Å². The van der Waals surface area contributed by atoms with E-state index < -0.39 is 11.7 Å². The average Bonchev–Trinajstić information content (AvgIpc) is 3.47. The smallest absolute Gasteiger partial charge is 0.395 e. The van der Waals surface area contributed by atoms with E-state index in [-0.39, 0.29) is 29.3 Å². The maximum absolute atomic E-state index is 13.3. The zero-order chi connectivity index (χ0) is 22.7. The molecule has 32 heavy (non-hydrogen) atoms. The van der Waals surface area contributed by atoms with Gasteiger partial charge in [0.1, 0.15) is 5.78 Å². The first kappa shape index (κ1) is 20.4. The van der Waals surface area contributed by atoms with Crippen LogP contribution >= 0.6 is 0 Å². The number of benzene rings is 1. The van der Waals surface area contributed by atoms with E-state index in [4.69, 9.17) is 4.98 Å². The Morgan fingerprint density at radius 1 is 1.06 bits per heavy atom. The van der Waals surface area contributed by atoms with Crippen LogP contribution in [-0.2, 0) is 16.6 Å². The molecule has 3 heterocycles. The maximum Gasteiger partial charge on any atom is 0.586 e. The summed E-state index contributed by atoms with van der Waals surface area (Å²) in [5.41, 5.74) is 3.57. The van der Waals surface area contributed by atoms with Crippen molar-refractivity contribution < 1.29 is 23.0 Å². The third-order valence-electron chi connectivity index (χ3n) is 6.12. The van der Waals surface area contributed by atoms with Gasteiger partial charge in [-0.15, -0.1) is 8.78 Å². The first-order chi connectivity index (χ1) is 15.2. The number of ether oxygens (including phenoxy) is 2. The average molecular weight is 438 g/mol. The molecule has 0 spiro atoms. The highest BCUT2D eigenvalue weighted by atomic mass is 19.3. The van der Waals surface area contributed by atoms with E-state index in [1.165, 1.54) is 18.2 Å². The predicted octanol–water partition coefficient (Wildman–Crippen LogP) is 4.22. The van der Waals surface area contributed by atoms with Gasteiger partial charge in [0, 0.05) is 29.9 Å². The van der Waals surface area contributed by atoms with Crippen molar-refractivity contribution in [1.82, 2.24) is 9.97 Å². The molecule has 0 amide bonds. The molecule has 164 valence electrons. The fraction of sp³-hybridized carbons (Fsp3) is 0.292. The van der Waals surface area contributed by atoms with E-state index in [1.807, 2.05) is 26.0 Å². The minimum absolute atomic E-state index is 0.0244. The minimum atomic E-state index is -3.69. The quantitative estimate of drug-likeness (QED) is 0.645. The number of hydrogen-bond acceptors (Lipinski definition) is 5. The van der Waals surface area contributed by atoms with Crippen LogP contribution in [0.25, 0.3) is 11.3 Å². The topological polar surface area (TPSA) is 81.3 Å². The molecular weight excluding hydrogens is 418 g/mol. The lowest BCUT2D eigenvalue weighted by molar-refractivity contribution is -0.286. The molecule has 1 saturated carbocycles. The van der Waals surface area contributed by atoms with Crippen molar-refractivity contribution in [1.29, 1.82) is 0 Å². The number of aryl methyl sites for hydroxylation is 2. The number of Topliss-reactive ketones (excluding diaryl/α,β-unsaturated/α-hetero) is 1. The Balaban J connectivity index is 1.42. The highest BCUT2D eigenvalue weighted by Crippen LogP contribution is 2.52. The third-order valence-corrected chi connectivity index (χ3v) is 6.12. The SMILES string of the molecule is Cc1cc(=O)[nH]cc1-c1nc(CC(=O)C2(c3ccc4c(c3)OC(F)(F)O4)CC2)ccc1C. The summed E-state index contributed by atoms with van der Waals surface area (Å²) in [6.07, 6.45) is -0.674. The maximum atomic E-state index is 13.3. The summed E-state index contributed by atoms with van der Waals surface area (Å²) >= 11 is 0. The lowest BCUT2D eigenvalue weighted by atomic mass is 9.88. The van der Waals surface area contributed by atoms with Crippen LogP contribution in [0.3, 0.4) is 0 Å². The molecule has 1 aromatic carbocycles. The van der Waals surface area contributed by atoms with Gasteiger partial charge in [-0.25, -0.2) is 0 Å². The summed E-state index contributed by atoms with van der Waals surface area (Å²) in [4.78, 5) is 32.2. The number of halogens is 2. The van der Waals surface area contributed by atoms with Crippen molar-refractivity contribution in [2.24, 2.45) is 0 Å². The van der Waals surface area contributed by atoms with Crippen LogP contribution < -0.4 is 15.0 Å². The molecule has 1 aliphatic carbocycles. The van der Waals surface area contributed by atoms with E-state index in [0.717, 1.165) is 16.7 Å². The number of hydrogen-bond donors (Lipinski definition) is 1. The summed E-state index contributed by atoms with van der Waals surface area (Å²) in [5, 5.41) is 0. The molecule has 1 fully saturated rings. The number of aromatic nitrogens is 2. The van der Waals surface area contributed by atoms with E-state index in [2.05, 4.69) is 14.5 Å². The highest BCUT2D eigenvalue weighted by Gasteiger charge is 2.52. The van der Waals surface area contributed by atoms with Gasteiger partial charge in [-0.1, -0.05) is 12.1 Å². The van der Waals surface area contributed by atoms with Gasteiger partial charge >= 0.3 is 6.29 Å². The monoisotopic (exact) mass is 438 g/mol. The number of nitrogens with zero attached hydrogens (tertiary/aromatic N) is 1. The predicted molar refractivity (Wildman–Crippen MR) is 112 cm³/mol. The zero-order valence-electron chi connectivity index (χ0n) is 17.5. The van der Waals surface area contributed by atoms with Gasteiger partial charge in [-0.05, 0) is 61.6 Å². The Labute approximate surface area is 182 Å². The number of rotatable bonds is 5. The van der Waals surface area contributed by atoms with Crippen LogP contribution in [0.5, 0.6) is 11.5 Å². The molecule has 6 nitrogen and oxygen atoms in total. The van der Waals surface area contributed by atoms with Crippen LogP contribution in [-0.4, -0.2) is 22.0 Å². The van der Waals surface area contributed by atoms with Crippen LogP contribution in [0.2, 0.25) is 0 Å². The molecule has 8 heteroatoms. The van der Waals surface area contributed by atoms with E-state index in [1.54, 1.807) is 12.3 Å². The fourth-order valence-electron chi connectivity index (χ4n) is 4.20. The van der Waals surface area contributed by atoms with Crippen LogP contribution in [0.15, 0.2) is 47.4 Å². The molecule has 2 aromatic heterocycles. The molecule has 0 saturated heterocycles. The normalized spacial score (nSPS) is 17.2. The second-order valence-corrected chi connectivity index (χ2v) is 8.37. The molecular formula is C24H20F2N2O4. The number of fused-ring (bicyclic) bond motifs is 1. The minimum Gasteiger partial charge on any atom is -0.395 e. The second-order valence-electron chi connectivity index (χ2n) is 8.37. The van der Waals surface area contributed by atoms with Crippen molar-refractivity contribution in [3.63, 3.8) is 0 Å². The number of aromatic amines is 1. The van der Waals surface area contributed by atoms with Crippen LogP contribution in [0.4, 0.5) is 8.78 Å². The number of H-pyrrole nitrogens is 1. The number of ketones is 1. The Morgan fingerprint density at radius 3 is 2.53 bits per heavy atom. The molecule has 0 bridgehead atoms. The number of nitrogens with one attached hydrogen (secondary N) is 1. The summed E-state index contributed by atoms with van der Waals surface area (Å²) in [6, 6.07) is 9.76. The molecule has 1 N–H and O–H groups in total. The van der Waals surface area contributed by atoms with Gasteiger partial charge in [0.25, 0.3) is 0 Å². The Kier molecular flexibility index (Phi) is 4.44. The third kappa shape index (κ3) is 3.45. The zero-order valence-corrected chi connectivity index (χ0v) is 17.5. The van der Waals surface area contributed by atoms with Crippen molar-refractivity contribution in [2.75, 3.05) is 0 Å². The van der Waals surface area contributed by atoms with Crippen LogP contribution in [0.1, 0.15) is 35.2 Å². The van der Waals surface area contributed by atoms with Crippen molar-refractivity contribution in [2.45, 2.75) is 44.8 Å². The summed E-state index contributed by atoms with van der Waals surface area (Å²) in [6.45, 7) is 3.76. The Morgan fingerprint density at radius 2 is 1.81 bits per heavy atom. The Hall–Kier alpha value is -3.55. The molecule has 2 aliphatic rings. The number of carbonyl (C=O) groups is 1. The van der Waals surface area contributed by atoms with Crippen LogP contribution in [0, 0.1) is 13.8 Å². The molecule has 0 atom stereocenters. The largest absolute Gasteiger partial charge is 0.586 e. The molecule has 1 aliphatic heterocycles. The highest BCUT2D eigenvalue weighted by molar-refractivity contribution is 5.94. The second kappa shape index (κ2) is 6.98. The van der Waals surface area contributed by atoms with Gasteiger partial charge in [-0.3, -0.25) is 14.6 Å². The van der Waals surface area contributed by atoms with Crippen molar-refractivity contribution in [3.8, 4) is 22.8 Å². The first-order valence-electron chi connectivity index (χ1n) is 10.3. The summed E-state index contributed by atoms with van der Waals surface area (Å²) in [5.74, 6) is -0.123. The number of carbonyl (C=O) groups excluding carboxylic acids is 1. The number of alkyl halides is 2. The van der Waals surface area contributed by atoms with E-state index in [9.17, 15) is 18.4 Å². The van der Waals surface area contributed by atoms with Gasteiger partial charge in [-0.2, -0.15) is 0 Å². The lowest BCUT2D eigenvalue weighted by Crippen LogP contribution is -2.26. The summed E-state index contributed by atoms with van der Waals surface area (Å²) in [7, 11) is 0. The molecule has 0 unspecified atom stereocenters. The summed E-state index contributed by atoms with van der Waals surface area (Å²) < 4.78 is 35.7. The van der Waals surface area contributed by atoms with Gasteiger partial charge in [0.2, 0.25) is 5.56 Å². The van der Waals surface area contributed by atoms with Gasteiger partial charge in [0.05, 0.1) is 11.1 Å². The molecule has 5 rings (SSSR count). The van der Waals surface area contributed by atoms with Gasteiger partial charge < -0.3 is 14.5 Å².